The molecule has 2 aromatic carbocycles. The number of nitrogens with one attached hydrogen (secondary N) is 1. The van der Waals surface area contributed by atoms with E-state index in [1.165, 1.54) is 31.2 Å². The second-order valence-electron chi connectivity index (χ2n) is 16.1. The summed E-state index contributed by atoms with van der Waals surface area (Å²) in [6.45, 7) is 27.9. The zero-order valence-corrected chi connectivity index (χ0v) is 37.7. The third-order valence-electron chi connectivity index (χ3n) is 11.0. The smallest absolute Gasteiger partial charge is 0.197 e. The largest absolute Gasteiger partial charge is 0.385 e. The van der Waals surface area contributed by atoms with Crippen molar-refractivity contribution in [2.75, 3.05) is 5.32 Å². The summed E-state index contributed by atoms with van der Waals surface area (Å²) in [6, 6.07) is 14.8. The van der Waals surface area contributed by atoms with Gasteiger partial charge in [-0.3, -0.25) is 14.6 Å². The van der Waals surface area contributed by atoms with E-state index in [-0.39, 0.29) is 29.2 Å². The van der Waals surface area contributed by atoms with Gasteiger partial charge in [-0.15, -0.1) is 6.58 Å². The molecule has 5 heteroatoms. The lowest BCUT2D eigenvalue weighted by molar-refractivity contribution is -0.119. The second-order valence-corrected chi connectivity index (χ2v) is 16.1. The van der Waals surface area contributed by atoms with E-state index in [2.05, 4.69) is 78.6 Å². The van der Waals surface area contributed by atoms with E-state index in [4.69, 9.17) is 4.99 Å². The molecule has 0 aliphatic heterocycles. The Labute approximate surface area is 343 Å². The maximum absolute atomic E-state index is 13.5. The van der Waals surface area contributed by atoms with Crippen molar-refractivity contribution in [1.29, 1.82) is 0 Å². The predicted octanol–water partition coefficient (Wildman–Crippen LogP) is 13.7. The minimum absolute atomic E-state index is 0.0493. The maximum atomic E-state index is 13.5. The van der Waals surface area contributed by atoms with Crippen LogP contribution in [-0.4, -0.2) is 28.6 Å². The highest BCUT2D eigenvalue weighted by molar-refractivity contribution is 6.36. The number of anilines is 1. The number of benzene rings is 2. The fourth-order valence-corrected chi connectivity index (χ4v) is 6.92. The molecule has 4 atom stereocenters. The van der Waals surface area contributed by atoms with Gasteiger partial charge in [0.1, 0.15) is 6.17 Å². The number of nitrogens with zero attached hydrogens (tertiary/aromatic N) is 1. The zero-order chi connectivity index (χ0) is 42.3. The van der Waals surface area contributed by atoms with Crippen LogP contribution in [0, 0.1) is 24.7 Å². The second kappa shape index (κ2) is 27.1. The van der Waals surface area contributed by atoms with Crippen LogP contribution in [0.4, 0.5) is 5.69 Å². The fraction of sp³-hybridized carbons (Fsp3) is 0.588. The van der Waals surface area contributed by atoms with Crippen LogP contribution < -0.4 is 5.32 Å². The summed E-state index contributed by atoms with van der Waals surface area (Å²) in [7, 11) is 0. The van der Waals surface area contributed by atoms with Crippen LogP contribution >= 0.6 is 0 Å². The summed E-state index contributed by atoms with van der Waals surface area (Å²) in [4.78, 5) is 31.0. The van der Waals surface area contributed by atoms with Crippen molar-refractivity contribution in [2.24, 2.45) is 22.7 Å². The summed E-state index contributed by atoms with van der Waals surface area (Å²) < 4.78 is 0. The minimum atomic E-state index is -0.837. The summed E-state index contributed by atoms with van der Waals surface area (Å²) in [5, 5.41) is 15.0. The molecule has 5 nitrogen and oxygen atoms in total. The lowest BCUT2D eigenvalue weighted by Gasteiger charge is -2.29. The highest BCUT2D eigenvalue weighted by Gasteiger charge is 2.29. The summed E-state index contributed by atoms with van der Waals surface area (Å²) >= 11 is 0. The number of hydrogen-bond acceptors (Lipinski definition) is 5. The number of aliphatic hydroxyl groups is 1. The quantitative estimate of drug-likeness (QED) is 0.0520. The Hall–Kier alpha value is -3.57. The number of aryl methyl sites for hydroxylation is 3. The highest BCUT2D eigenvalue weighted by Crippen LogP contribution is 2.36. The van der Waals surface area contributed by atoms with E-state index in [0.29, 0.717) is 24.1 Å². The third-order valence-corrected chi connectivity index (χ3v) is 11.0. The number of allylic oxidation sites excluding steroid dienone is 5. The first-order chi connectivity index (χ1) is 26.7. The van der Waals surface area contributed by atoms with Gasteiger partial charge in [-0.25, -0.2) is 0 Å². The monoisotopic (exact) mass is 769 g/mol. The number of fused-ring (bicyclic) bond motifs is 1. The molecule has 0 aromatic heterocycles. The van der Waals surface area contributed by atoms with Crippen LogP contribution in [0.3, 0.4) is 0 Å². The van der Waals surface area contributed by atoms with Gasteiger partial charge in [-0.05, 0) is 133 Å². The maximum Gasteiger partial charge on any atom is 0.197 e. The lowest BCUT2D eigenvalue weighted by atomic mass is 9.84. The van der Waals surface area contributed by atoms with E-state index < -0.39 is 5.60 Å². The molecule has 2 aliphatic carbocycles. The zero-order valence-electron chi connectivity index (χ0n) is 37.7. The standard InChI is InChI=1S/C33H52N2O3.C10H12.C5H10.C3H6/c1-9-15-21-33(38,22-16-10-2)26-19-17-20-27(23-26)34-25(8)35-31(24(7)12-4)29(14-6)32(37)28(13-5)30(36)18-11-3;1-8-5-6-9-3-2-4-10(9)7-8;1-4-3-5(4)2;1-3-2/h13-14,17,19-20,23-25,34,38H,9-12,15-16,18,21-22H2,1-8H3;5-7H,2-4H2,1H3;4-5H,3H2,1-2H3;3H,1H2,2H3/b28-13-,29-14+,35-31-;;;. The molecule has 0 saturated heterocycles. The van der Waals surface area contributed by atoms with Crippen molar-refractivity contribution in [2.45, 2.75) is 178 Å². The van der Waals surface area contributed by atoms with E-state index in [9.17, 15) is 14.7 Å². The molecule has 0 heterocycles. The van der Waals surface area contributed by atoms with Crippen LogP contribution in [0.2, 0.25) is 0 Å². The number of ketones is 2. The molecule has 2 aromatic rings. The molecule has 0 radical (unpaired) electrons. The van der Waals surface area contributed by atoms with Gasteiger partial charge in [0.25, 0.3) is 0 Å². The number of Topliss-reactive ketones (excluding diaryl/α,β-unsaturated/α-hetero) is 2. The average Bonchev–Trinajstić information content (AvgIpc) is 3.61. The van der Waals surface area contributed by atoms with Crippen molar-refractivity contribution in [3.05, 3.63) is 101 Å². The minimum Gasteiger partial charge on any atom is -0.385 e. The Morgan fingerprint density at radius 2 is 1.46 bits per heavy atom. The first kappa shape index (κ1) is 50.4. The highest BCUT2D eigenvalue weighted by atomic mass is 16.3. The van der Waals surface area contributed by atoms with Crippen molar-refractivity contribution in [3.8, 4) is 0 Å². The van der Waals surface area contributed by atoms with Crippen LogP contribution in [-0.2, 0) is 28.0 Å². The molecule has 0 amide bonds. The van der Waals surface area contributed by atoms with Gasteiger partial charge in [0.15, 0.2) is 11.6 Å². The van der Waals surface area contributed by atoms with Gasteiger partial charge in [0, 0.05) is 17.7 Å². The molecule has 1 fully saturated rings. The molecular weight excluding hydrogens is 689 g/mol. The van der Waals surface area contributed by atoms with Crippen LogP contribution in [0.5, 0.6) is 0 Å². The predicted molar refractivity (Wildman–Crippen MR) is 244 cm³/mol. The Kier molecular flexibility index (Phi) is 24.4. The molecular formula is C51H80N2O3. The fourth-order valence-electron chi connectivity index (χ4n) is 6.92. The molecule has 2 aliphatic rings. The summed E-state index contributed by atoms with van der Waals surface area (Å²) in [5.74, 6) is 1.78. The molecule has 2 N–H and O–H groups in total. The van der Waals surface area contributed by atoms with E-state index in [1.807, 2.05) is 52.0 Å². The first-order valence-corrected chi connectivity index (χ1v) is 21.9. The number of unbranched alkanes of at least 4 members (excludes halogenated alkanes) is 2. The Morgan fingerprint density at radius 1 is 0.893 bits per heavy atom. The van der Waals surface area contributed by atoms with E-state index >= 15 is 0 Å². The molecule has 0 bridgehead atoms. The number of rotatable bonds is 18. The SMILES string of the molecule is C/C=C(/C(=O)CCC)C(=O)C(=C/C)/C(=N\C(C)Nc1cccc(C(O)(CCCC)CCCC)c1)C(C)CC.C=CC.CC1CC1C.Cc1ccc2c(c1)CCC2. The van der Waals surface area contributed by atoms with E-state index in [1.54, 1.807) is 36.3 Å². The molecule has 312 valence electrons. The normalized spacial score (nSPS) is 17.4. The topological polar surface area (TPSA) is 78.8 Å². The van der Waals surface area contributed by atoms with Gasteiger partial charge >= 0.3 is 0 Å². The van der Waals surface area contributed by atoms with Crippen molar-refractivity contribution >= 4 is 23.0 Å². The van der Waals surface area contributed by atoms with Crippen LogP contribution in [0.25, 0.3) is 0 Å². The Morgan fingerprint density at radius 3 is 1.96 bits per heavy atom. The molecule has 4 unspecified atom stereocenters. The number of carbonyl (C=O) groups is 2. The Balaban J connectivity index is 0.000000696. The number of carbonyl (C=O) groups excluding carboxylic acids is 2. The van der Waals surface area contributed by atoms with Gasteiger partial charge in [0.2, 0.25) is 0 Å². The van der Waals surface area contributed by atoms with Gasteiger partial charge in [0.05, 0.1) is 16.9 Å². The molecule has 4 rings (SSSR count). The Bertz CT molecular complexity index is 1570. The third kappa shape index (κ3) is 17.3. The van der Waals surface area contributed by atoms with Crippen molar-refractivity contribution in [1.82, 2.24) is 0 Å². The summed E-state index contributed by atoms with van der Waals surface area (Å²) in [5.41, 5.74) is 6.98. The summed E-state index contributed by atoms with van der Waals surface area (Å²) in [6.07, 6.45) is 17.7. The number of aliphatic imine (C=N–C) groups is 1. The van der Waals surface area contributed by atoms with Crippen molar-refractivity contribution < 1.29 is 14.7 Å². The van der Waals surface area contributed by atoms with E-state index in [0.717, 1.165) is 68.0 Å². The number of hydrogen-bond donors (Lipinski definition) is 2. The first-order valence-electron chi connectivity index (χ1n) is 21.9. The van der Waals surface area contributed by atoms with Gasteiger partial charge in [-0.2, -0.15) is 0 Å². The van der Waals surface area contributed by atoms with Crippen molar-refractivity contribution in [3.63, 3.8) is 0 Å². The van der Waals surface area contributed by atoms with Gasteiger partial charge in [-0.1, -0.05) is 128 Å². The molecule has 1 saturated carbocycles. The lowest BCUT2D eigenvalue weighted by Crippen LogP contribution is -2.27. The molecule has 56 heavy (non-hydrogen) atoms. The van der Waals surface area contributed by atoms with Gasteiger partial charge < -0.3 is 10.4 Å². The van der Waals surface area contributed by atoms with Crippen LogP contribution in [0.1, 0.15) is 169 Å². The molecule has 0 spiro atoms. The average molecular weight is 769 g/mol. The van der Waals surface area contributed by atoms with Crippen LogP contribution in [0.15, 0.2) is 83.4 Å².